The third-order valence-electron chi connectivity index (χ3n) is 3.90. The minimum atomic E-state index is -4.30. The summed E-state index contributed by atoms with van der Waals surface area (Å²) in [5.74, 6) is -0.474. The normalized spacial score (nSPS) is 25.4. The highest BCUT2D eigenvalue weighted by Crippen LogP contribution is 2.30. The van der Waals surface area contributed by atoms with Gasteiger partial charge >= 0.3 is 6.18 Å². The molecule has 3 rings (SSSR count). The summed E-state index contributed by atoms with van der Waals surface area (Å²) >= 11 is 0. The maximum Gasteiger partial charge on any atom is 0.389 e. The molecule has 0 saturated carbocycles. The molecule has 0 aromatic carbocycles. The first kappa shape index (κ1) is 14.3. The highest BCUT2D eigenvalue weighted by Gasteiger charge is 2.38. The van der Waals surface area contributed by atoms with Crippen LogP contribution in [0.3, 0.4) is 0 Å². The van der Waals surface area contributed by atoms with Gasteiger partial charge in [-0.15, -0.1) is 5.10 Å². The molecule has 0 aliphatic carbocycles. The van der Waals surface area contributed by atoms with Crippen LogP contribution in [-0.2, 0) is 16.1 Å². The summed E-state index contributed by atoms with van der Waals surface area (Å²) in [5, 5.41) is 7.80. The molecule has 1 amide bonds. The van der Waals surface area contributed by atoms with E-state index in [-0.39, 0.29) is 12.1 Å². The summed E-state index contributed by atoms with van der Waals surface area (Å²) in [5.41, 5.74) is 0.820. The first-order valence-electron chi connectivity index (χ1n) is 6.79. The topological polar surface area (TPSA) is 60.3 Å². The van der Waals surface area contributed by atoms with E-state index in [0.717, 1.165) is 5.69 Å². The van der Waals surface area contributed by atoms with Crippen molar-refractivity contribution in [2.45, 2.75) is 44.2 Å². The lowest BCUT2D eigenvalue weighted by atomic mass is 10.00. The number of carbonyl (C=O) groups is 1. The van der Waals surface area contributed by atoms with E-state index in [0.29, 0.717) is 26.1 Å². The van der Waals surface area contributed by atoms with Crippen LogP contribution in [0.4, 0.5) is 13.2 Å². The summed E-state index contributed by atoms with van der Waals surface area (Å²) in [6.45, 7) is 1.16. The van der Waals surface area contributed by atoms with Crippen molar-refractivity contribution in [3.63, 3.8) is 0 Å². The highest BCUT2D eigenvalue weighted by atomic mass is 19.4. The second-order valence-corrected chi connectivity index (χ2v) is 5.33. The Balaban J connectivity index is 1.65. The smallest absolute Gasteiger partial charge is 0.370 e. The van der Waals surface area contributed by atoms with Gasteiger partial charge in [-0.2, -0.15) is 13.2 Å². The van der Waals surface area contributed by atoms with Crippen molar-refractivity contribution in [3.05, 3.63) is 11.9 Å². The molecule has 9 heteroatoms. The molecule has 0 radical (unpaired) electrons. The second-order valence-electron chi connectivity index (χ2n) is 5.33. The van der Waals surface area contributed by atoms with E-state index in [9.17, 15) is 18.0 Å². The molecular weight excluding hydrogens is 289 g/mol. The molecule has 0 N–H and O–H groups in total. The number of carbonyl (C=O) groups excluding carboxylic acids is 1. The molecule has 116 valence electrons. The highest BCUT2D eigenvalue weighted by molar-refractivity contribution is 5.76. The molecule has 0 spiro atoms. The van der Waals surface area contributed by atoms with Crippen LogP contribution in [0.25, 0.3) is 0 Å². The van der Waals surface area contributed by atoms with Crippen LogP contribution >= 0.6 is 0 Å². The Labute approximate surface area is 118 Å². The Morgan fingerprint density at radius 2 is 2.29 bits per heavy atom. The average Bonchev–Trinajstić information content (AvgIpc) is 2.92. The quantitative estimate of drug-likeness (QED) is 0.826. The number of hydrogen-bond acceptors (Lipinski definition) is 4. The molecule has 21 heavy (non-hydrogen) atoms. The van der Waals surface area contributed by atoms with Gasteiger partial charge in [0.25, 0.3) is 0 Å². The van der Waals surface area contributed by atoms with E-state index < -0.39 is 24.9 Å². The lowest BCUT2D eigenvalue weighted by Crippen LogP contribution is -2.50. The summed E-state index contributed by atoms with van der Waals surface area (Å²) in [6.07, 6.45) is -3.76. The van der Waals surface area contributed by atoms with E-state index in [1.807, 2.05) is 0 Å². The summed E-state index contributed by atoms with van der Waals surface area (Å²) in [7, 11) is 0. The van der Waals surface area contributed by atoms with Gasteiger partial charge in [-0.25, -0.2) is 4.68 Å². The SMILES string of the molecule is O=C(CCC(F)(F)F)N1CC[C@H]2OCc3cnnn3[C@@H]2C1. The number of aromatic nitrogens is 3. The van der Waals surface area contributed by atoms with Crippen molar-refractivity contribution >= 4 is 5.91 Å². The van der Waals surface area contributed by atoms with Crippen LogP contribution in [0.1, 0.15) is 31.0 Å². The number of amides is 1. The Hall–Kier alpha value is -1.64. The number of hydrogen-bond donors (Lipinski definition) is 0. The zero-order chi connectivity index (χ0) is 15.0. The van der Waals surface area contributed by atoms with Gasteiger partial charge in [0.05, 0.1) is 37.1 Å². The molecule has 2 atom stereocenters. The molecule has 2 aliphatic heterocycles. The predicted molar refractivity (Wildman–Crippen MR) is 64.1 cm³/mol. The van der Waals surface area contributed by atoms with Crippen LogP contribution < -0.4 is 0 Å². The molecule has 1 saturated heterocycles. The lowest BCUT2D eigenvalue weighted by Gasteiger charge is -2.41. The number of alkyl halides is 3. The number of fused-ring (bicyclic) bond motifs is 3. The fourth-order valence-corrected chi connectivity index (χ4v) is 2.81. The van der Waals surface area contributed by atoms with Crippen molar-refractivity contribution in [2.75, 3.05) is 13.1 Å². The molecule has 0 bridgehead atoms. The summed E-state index contributed by atoms with van der Waals surface area (Å²) < 4.78 is 44.0. The van der Waals surface area contributed by atoms with Gasteiger partial charge in [-0.3, -0.25) is 4.79 Å². The first-order valence-corrected chi connectivity index (χ1v) is 6.79. The molecule has 0 unspecified atom stereocenters. The largest absolute Gasteiger partial charge is 0.389 e. The molecule has 2 aliphatic rings. The molecule has 1 aromatic rings. The Morgan fingerprint density at radius 1 is 1.48 bits per heavy atom. The molecular formula is C12H15F3N4O2. The molecule has 1 fully saturated rings. The van der Waals surface area contributed by atoms with Gasteiger partial charge in [0, 0.05) is 19.5 Å². The van der Waals surface area contributed by atoms with Crippen molar-refractivity contribution in [1.82, 2.24) is 19.9 Å². The van der Waals surface area contributed by atoms with Crippen molar-refractivity contribution in [2.24, 2.45) is 0 Å². The van der Waals surface area contributed by atoms with E-state index in [4.69, 9.17) is 4.74 Å². The first-order chi connectivity index (χ1) is 9.94. The van der Waals surface area contributed by atoms with Crippen molar-refractivity contribution in [3.8, 4) is 0 Å². The zero-order valence-electron chi connectivity index (χ0n) is 11.2. The maximum atomic E-state index is 12.2. The summed E-state index contributed by atoms with van der Waals surface area (Å²) in [6, 6.07) is -0.167. The van der Waals surface area contributed by atoms with Crippen LogP contribution in [0, 0.1) is 0 Å². The van der Waals surface area contributed by atoms with Gasteiger partial charge < -0.3 is 9.64 Å². The number of nitrogens with zero attached hydrogens (tertiary/aromatic N) is 4. The minimum absolute atomic E-state index is 0.0640. The maximum absolute atomic E-state index is 12.2. The fraction of sp³-hybridized carbons (Fsp3) is 0.750. The second kappa shape index (κ2) is 5.28. The van der Waals surface area contributed by atoms with E-state index in [1.165, 1.54) is 4.90 Å². The Kier molecular flexibility index (Phi) is 3.60. The lowest BCUT2D eigenvalue weighted by molar-refractivity contribution is -0.152. The monoisotopic (exact) mass is 304 g/mol. The standard InChI is InChI=1S/C12H15F3N4O2/c13-12(14,15)3-1-11(20)18-4-2-10-9(6-18)19-8(7-21-10)5-16-17-19/h5,9-10H,1-4,6-7H2/t9-,10-/m1/s1. The van der Waals surface area contributed by atoms with Gasteiger partial charge in [0.2, 0.25) is 5.91 Å². The van der Waals surface area contributed by atoms with E-state index in [1.54, 1.807) is 10.9 Å². The number of rotatable bonds is 2. The van der Waals surface area contributed by atoms with Crippen molar-refractivity contribution in [1.29, 1.82) is 0 Å². The average molecular weight is 304 g/mol. The third-order valence-corrected chi connectivity index (χ3v) is 3.90. The molecule has 6 nitrogen and oxygen atoms in total. The fourth-order valence-electron chi connectivity index (χ4n) is 2.81. The van der Waals surface area contributed by atoms with E-state index in [2.05, 4.69) is 10.3 Å². The third kappa shape index (κ3) is 3.02. The minimum Gasteiger partial charge on any atom is -0.370 e. The Bertz CT molecular complexity index is 531. The number of piperidine rings is 1. The molecule has 3 heterocycles. The van der Waals surface area contributed by atoms with Gasteiger partial charge in [0.15, 0.2) is 0 Å². The van der Waals surface area contributed by atoms with Gasteiger partial charge in [-0.05, 0) is 6.42 Å². The van der Waals surface area contributed by atoms with Gasteiger partial charge in [-0.1, -0.05) is 5.21 Å². The predicted octanol–water partition coefficient (Wildman–Crippen LogP) is 1.29. The van der Waals surface area contributed by atoms with Crippen molar-refractivity contribution < 1.29 is 22.7 Å². The number of ether oxygens (including phenoxy) is 1. The molecule has 1 aromatic heterocycles. The number of likely N-dealkylation sites (tertiary alicyclic amines) is 1. The van der Waals surface area contributed by atoms with Crippen LogP contribution in [0.15, 0.2) is 6.20 Å². The van der Waals surface area contributed by atoms with Gasteiger partial charge in [0.1, 0.15) is 0 Å². The van der Waals surface area contributed by atoms with Crippen LogP contribution in [0.2, 0.25) is 0 Å². The Morgan fingerprint density at radius 3 is 3.05 bits per heavy atom. The zero-order valence-corrected chi connectivity index (χ0v) is 11.2. The van der Waals surface area contributed by atoms with Crippen LogP contribution in [-0.4, -0.2) is 51.2 Å². The number of halogens is 3. The summed E-state index contributed by atoms with van der Waals surface area (Å²) in [4.78, 5) is 13.4. The van der Waals surface area contributed by atoms with E-state index >= 15 is 0 Å². The van der Waals surface area contributed by atoms with Crippen LogP contribution in [0.5, 0.6) is 0 Å².